The largest absolute Gasteiger partial charge is 0.351 e. The summed E-state index contributed by atoms with van der Waals surface area (Å²) in [5, 5.41) is 8.02. The highest BCUT2D eigenvalue weighted by Crippen LogP contribution is 2.26. The minimum Gasteiger partial charge on any atom is -0.351 e. The Morgan fingerprint density at radius 1 is 1.28 bits per heavy atom. The van der Waals surface area contributed by atoms with Gasteiger partial charge in [0.25, 0.3) is 0 Å². The minimum atomic E-state index is -3.74. The normalized spacial score (nSPS) is 18.2. The zero-order valence-electron chi connectivity index (χ0n) is 13.8. The Bertz CT molecular complexity index is 857. The molecule has 0 spiro atoms. The molecule has 3 rings (SSSR count). The first-order valence-corrected chi connectivity index (χ1v) is 9.58. The second-order valence-electron chi connectivity index (χ2n) is 6.10. The smallest absolute Gasteiger partial charge is 0.238 e. The number of hydrogen-bond donors (Lipinski definition) is 2. The number of rotatable bonds is 4. The Balaban J connectivity index is 1.82. The zero-order valence-corrected chi connectivity index (χ0v) is 14.6. The molecule has 7 nitrogen and oxygen atoms in total. The first-order valence-electron chi connectivity index (χ1n) is 8.03. The van der Waals surface area contributed by atoms with Crippen molar-refractivity contribution in [1.29, 1.82) is 0 Å². The fourth-order valence-electron chi connectivity index (χ4n) is 2.89. The van der Waals surface area contributed by atoms with Crippen molar-refractivity contribution in [2.75, 3.05) is 16.8 Å². The van der Waals surface area contributed by atoms with E-state index in [-0.39, 0.29) is 22.7 Å². The summed E-state index contributed by atoms with van der Waals surface area (Å²) >= 11 is 0. The van der Waals surface area contributed by atoms with Crippen molar-refractivity contribution in [3.63, 3.8) is 0 Å². The van der Waals surface area contributed by atoms with Gasteiger partial charge in [0.05, 0.1) is 11.1 Å². The molecule has 1 saturated heterocycles. The summed E-state index contributed by atoms with van der Waals surface area (Å²) in [5.74, 6) is 0.0762. The van der Waals surface area contributed by atoms with Crippen LogP contribution in [0.25, 0.3) is 0 Å². The molecular weight excluding hydrogens is 345 g/mol. The van der Waals surface area contributed by atoms with Crippen LogP contribution < -0.4 is 15.4 Å². The maximum atomic E-state index is 14.2. The highest BCUT2D eigenvalue weighted by atomic mass is 32.2. The Hall–Kier alpha value is -2.26. The summed E-state index contributed by atoms with van der Waals surface area (Å²) in [4.78, 5) is 10.2. The van der Waals surface area contributed by atoms with E-state index in [2.05, 4.69) is 22.2 Å². The minimum absolute atomic E-state index is 0.0147. The van der Waals surface area contributed by atoms with Crippen molar-refractivity contribution >= 4 is 27.5 Å². The van der Waals surface area contributed by atoms with Gasteiger partial charge in [0.2, 0.25) is 16.0 Å². The summed E-state index contributed by atoms with van der Waals surface area (Å²) in [6, 6.07) is 6.09. The van der Waals surface area contributed by atoms with Gasteiger partial charge in [0.15, 0.2) is 11.6 Å². The average molecular weight is 365 g/mol. The number of primary sulfonamides is 1. The number of nitrogens with one attached hydrogen (secondary N) is 1. The number of hydrogen-bond acceptors (Lipinski definition) is 6. The molecule has 1 aliphatic rings. The van der Waals surface area contributed by atoms with Crippen LogP contribution in [0.5, 0.6) is 0 Å². The lowest BCUT2D eigenvalue weighted by Gasteiger charge is -2.34. The molecule has 0 bridgehead atoms. The van der Waals surface area contributed by atoms with E-state index in [4.69, 9.17) is 5.14 Å². The molecule has 0 saturated carbocycles. The molecule has 1 atom stereocenters. The van der Waals surface area contributed by atoms with Crippen molar-refractivity contribution in [1.82, 2.24) is 9.97 Å². The van der Waals surface area contributed by atoms with E-state index in [0.717, 1.165) is 32.0 Å². The Morgan fingerprint density at radius 3 is 2.64 bits per heavy atom. The highest BCUT2D eigenvalue weighted by Gasteiger charge is 2.23. The number of sulfonamides is 1. The van der Waals surface area contributed by atoms with Crippen molar-refractivity contribution in [3.8, 4) is 0 Å². The number of benzene rings is 1. The third-order valence-electron chi connectivity index (χ3n) is 4.24. The number of anilines is 3. The third kappa shape index (κ3) is 4.05. The molecule has 9 heteroatoms. The van der Waals surface area contributed by atoms with Crippen LogP contribution in [0.1, 0.15) is 26.2 Å². The quantitative estimate of drug-likeness (QED) is 0.863. The van der Waals surface area contributed by atoms with E-state index in [1.807, 2.05) is 4.90 Å². The van der Waals surface area contributed by atoms with Crippen LogP contribution in [-0.2, 0) is 10.0 Å². The molecule has 2 aromatic rings. The molecule has 25 heavy (non-hydrogen) atoms. The number of nitrogens with two attached hydrogens (primary N) is 1. The summed E-state index contributed by atoms with van der Waals surface area (Å²) in [6.07, 6.45) is 4.28. The maximum Gasteiger partial charge on any atom is 0.238 e. The Morgan fingerprint density at radius 2 is 2.00 bits per heavy atom. The summed E-state index contributed by atoms with van der Waals surface area (Å²) in [5.41, 5.74) is 0.580. The van der Waals surface area contributed by atoms with E-state index >= 15 is 0 Å². The molecule has 0 amide bonds. The van der Waals surface area contributed by atoms with E-state index in [1.165, 1.54) is 12.1 Å². The molecule has 1 aliphatic heterocycles. The molecule has 0 aliphatic carbocycles. The van der Waals surface area contributed by atoms with Gasteiger partial charge in [-0.3, -0.25) is 0 Å². The van der Waals surface area contributed by atoms with E-state index in [1.54, 1.807) is 12.1 Å². The number of nitrogens with zero attached hydrogens (tertiary/aromatic N) is 3. The fourth-order valence-corrected chi connectivity index (χ4v) is 3.41. The monoisotopic (exact) mass is 365 g/mol. The molecule has 2 heterocycles. The first-order chi connectivity index (χ1) is 11.8. The van der Waals surface area contributed by atoms with Gasteiger partial charge in [0.1, 0.15) is 0 Å². The van der Waals surface area contributed by atoms with Crippen LogP contribution in [0.3, 0.4) is 0 Å². The third-order valence-corrected chi connectivity index (χ3v) is 5.17. The van der Waals surface area contributed by atoms with Gasteiger partial charge in [-0.1, -0.05) is 0 Å². The Kier molecular flexibility index (Phi) is 4.87. The van der Waals surface area contributed by atoms with Crippen LogP contribution in [-0.4, -0.2) is 31.0 Å². The Labute approximate surface area is 146 Å². The molecule has 0 unspecified atom stereocenters. The van der Waals surface area contributed by atoms with Gasteiger partial charge in [-0.05, 0) is 50.5 Å². The van der Waals surface area contributed by atoms with E-state index in [9.17, 15) is 12.8 Å². The summed E-state index contributed by atoms with van der Waals surface area (Å²) < 4.78 is 36.7. The lowest BCUT2D eigenvalue weighted by Crippen LogP contribution is -2.38. The SMILES string of the molecule is C[C@H]1CCCCN1c1nc(Nc2ccc(S(N)(=O)=O)cc2)ncc1F. The van der Waals surface area contributed by atoms with Crippen molar-refractivity contribution in [3.05, 3.63) is 36.3 Å². The molecule has 3 N–H and O–H groups in total. The van der Waals surface area contributed by atoms with Crippen molar-refractivity contribution in [2.45, 2.75) is 37.1 Å². The van der Waals surface area contributed by atoms with Gasteiger partial charge in [-0.15, -0.1) is 0 Å². The number of aromatic nitrogens is 2. The molecule has 134 valence electrons. The van der Waals surface area contributed by atoms with Crippen LogP contribution in [0.15, 0.2) is 35.4 Å². The lowest BCUT2D eigenvalue weighted by atomic mass is 10.0. The van der Waals surface area contributed by atoms with Crippen molar-refractivity contribution in [2.24, 2.45) is 5.14 Å². The molecule has 1 aromatic heterocycles. The predicted molar refractivity (Wildman–Crippen MR) is 93.7 cm³/mol. The first kappa shape index (κ1) is 17.6. The number of halogens is 1. The van der Waals surface area contributed by atoms with Gasteiger partial charge in [0, 0.05) is 18.3 Å². The summed E-state index contributed by atoms with van der Waals surface area (Å²) in [7, 11) is -3.74. The lowest BCUT2D eigenvalue weighted by molar-refractivity contribution is 0.470. The van der Waals surface area contributed by atoms with Gasteiger partial charge >= 0.3 is 0 Å². The standard InChI is InChI=1S/C16H20FN5O2S/c1-11-4-2-3-9-22(11)15-14(17)10-19-16(21-15)20-12-5-7-13(8-6-12)25(18,23)24/h5-8,10-11H,2-4,9H2,1H3,(H2,18,23,24)(H,19,20,21)/t11-/m0/s1. The predicted octanol–water partition coefficient (Wildman–Crippen LogP) is 2.39. The van der Waals surface area contributed by atoms with Gasteiger partial charge < -0.3 is 10.2 Å². The molecular formula is C16H20FN5O2S. The van der Waals surface area contributed by atoms with Gasteiger partial charge in [-0.2, -0.15) is 4.98 Å². The van der Waals surface area contributed by atoms with Crippen LogP contribution >= 0.6 is 0 Å². The van der Waals surface area contributed by atoms with Gasteiger partial charge in [-0.25, -0.2) is 22.9 Å². The van der Waals surface area contributed by atoms with Crippen molar-refractivity contribution < 1.29 is 12.8 Å². The van der Waals surface area contributed by atoms with Crippen LogP contribution in [0.2, 0.25) is 0 Å². The number of piperidine rings is 1. The molecule has 0 radical (unpaired) electrons. The van der Waals surface area contributed by atoms with Crippen LogP contribution in [0, 0.1) is 5.82 Å². The molecule has 1 fully saturated rings. The second kappa shape index (κ2) is 6.93. The van der Waals surface area contributed by atoms with Crippen LogP contribution in [0.4, 0.5) is 21.8 Å². The fraction of sp³-hybridized carbons (Fsp3) is 0.375. The average Bonchev–Trinajstić information content (AvgIpc) is 2.57. The highest BCUT2D eigenvalue weighted by molar-refractivity contribution is 7.89. The maximum absolute atomic E-state index is 14.2. The van der Waals surface area contributed by atoms with E-state index < -0.39 is 15.8 Å². The van der Waals surface area contributed by atoms with E-state index in [0.29, 0.717) is 5.69 Å². The zero-order chi connectivity index (χ0) is 18.0. The topological polar surface area (TPSA) is 101 Å². The summed E-state index contributed by atoms with van der Waals surface area (Å²) in [6.45, 7) is 2.82. The second-order valence-corrected chi connectivity index (χ2v) is 7.66. The molecule has 1 aromatic carbocycles.